The van der Waals surface area contributed by atoms with Crippen LogP contribution in [0, 0.1) is 11.8 Å². The number of aliphatic hydroxyl groups excluding tert-OH is 4. The van der Waals surface area contributed by atoms with Gasteiger partial charge in [0.05, 0.1) is 12.2 Å². The fourth-order valence-electron chi connectivity index (χ4n) is 4.11. The van der Waals surface area contributed by atoms with Crippen molar-refractivity contribution >= 4 is 5.97 Å². The molecule has 0 bridgehead atoms. The molecule has 0 saturated carbocycles. The summed E-state index contributed by atoms with van der Waals surface area (Å²) in [5.41, 5.74) is 1.83. The average molecular weight is 443 g/mol. The summed E-state index contributed by atoms with van der Waals surface area (Å²) in [6, 6.07) is 0. The van der Waals surface area contributed by atoms with E-state index in [-0.39, 0.29) is 18.4 Å². The first-order valence-electron chi connectivity index (χ1n) is 11.0. The molecule has 0 amide bonds. The smallest absolute Gasteiger partial charge is 0.302 e. The van der Waals surface area contributed by atoms with Gasteiger partial charge in [-0.3, -0.25) is 4.79 Å². The van der Waals surface area contributed by atoms with Gasteiger partial charge in [-0.15, -0.1) is 0 Å². The zero-order valence-electron chi connectivity index (χ0n) is 18.9. The molecule has 0 spiro atoms. The molecule has 1 fully saturated rings. The molecule has 2 aliphatic rings. The lowest BCUT2D eigenvalue weighted by Gasteiger charge is -2.42. The van der Waals surface area contributed by atoms with E-state index in [4.69, 9.17) is 14.2 Å². The Labute approximate surface area is 184 Å². The molecule has 0 aromatic carbocycles. The summed E-state index contributed by atoms with van der Waals surface area (Å²) in [4.78, 5) is 11.1. The minimum atomic E-state index is -1.50. The highest BCUT2D eigenvalue weighted by molar-refractivity contribution is 5.65. The maximum absolute atomic E-state index is 11.1. The van der Waals surface area contributed by atoms with Crippen molar-refractivity contribution in [1.29, 1.82) is 0 Å². The van der Waals surface area contributed by atoms with Crippen LogP contribution in [0.5, 0.6) is 0 Å². The number of hydrogen-bond acceptors (Lipinski definition) is 8. The Balaban J connectivity index is 2.24. The van der Waals surface area contributed by atoms with Crippen LogP contribution in [-0.4, -0.2) is 75.9 Å². The molecule has 8 nitrogen and oxygen atoms in total. The molecule has 4 N–H and O–H groups in total. The van der Waals surface area contributed by atoms with E-state index < -0.39 is 48.9 Å². The third kappa shape index (κ3) is 7.10. The number of allylic oxidation sites excluding steroid dienone is 1. The molecule has 0 aromatic heterocycles. The second-order valence-electron chi connectivity index (χ2n) is 9.09. The highest BCUT2D eigenvalue weighted by atomic mass is 16.7. The van der Waals surface area contributed by atoms with Crippen LogP contribution >= 0.6 is 0 Å². The van der Waals surface area contributed by atoms with Gasteiger partial charge in [-0.1, -0.05) is 32.1 Å². The quantitative estimate of drug-likeness (QED) is 0.372. The van der Waals surface area contributed by atoms with Gasteiger partial charge in [-0.05, 0) is 50.0 Å². The lowest BCUT2D eigenvalue weighted by Crippen LogP contribution is -2.60. The van der Waals surface area contributed by atoms with Crippen molar-refractivity contribution in [2.75, 3.05) is 6.61 Å². The van der Waals surface area contributed by atoms with Crippen molar-refractivity contribution in [3.63, 3.8) is 0 Å². The second kappa shape index (κ2) is 11.5. The fourth-order valence-corrected chi connectivity index (χ4v) is 4.11. The molecule has 8 atom stereocenters. The van der Waals surface area contributed by atoms with Crippen molar-refractivity contribution in [2.45, 2.75) is 96.3 Å². The van der Waals surface area contributed by atoms with Crippen LogP contribution in [0.15, 0.2) is 23.8 Å². The predicted octanol–water partition coefficient (Wildman–Crippen LogP) is 1.45. The standard InChI is InChI=1S/C23H38O8/c1-12(2)16-8-7-14(4)17(25)9-6-13(3)10-18(16)30-23-22(28)21(27)20(26)19(31-23)11-29-15(5)24/h10,12,16-23,25-28H,4,6-9,11H2,1-3,5H3/b13-10+/t16-,17+,18+,19-,20+,21+,22+,23-/m0/s1. The zero-order chi connectivity index (χ0) is 23.3. The number of hydrogen-bond donors (Lipinski definition) is 4. The van der Waals surface area contributed by atoms with Crippen LogP contribution in [0.25, 0.3) is 0 Å². The number of rotatable bonds is 5. The number of aliphatic hydroxyl groups is 4. The van der Waals surface area contributed by atoms with E-state index in [2.05, 4.69) is 20.4 Å². The largest absolute Gasteiger partial charge is 0.463 e. The lowest BCUT2D eigenvalue weighted by molar-refractivity contribution is -0.312. The van der Waals surface area contributed by atoms with Crippen molar-refractivity contribution in [1.82, 2.24) is 0 Å². The molecule has 1 saturated heterocycles. The van der Waals surface area contributed by atoms with Crippen LogP contribution < -0.4 is 0 Å². The van der Waals surface area contributed by atoms with Crippen molar-refractivity contribution in [3.05, 3.63) is 23.8 Å². The van der Waals surface area contributed by atoms with E-state index in [1.54, 1.807) is 0 Å². The Hall–Kier alpha value is -1.29. The summed E-state index contributed by atoms with van der Waals surface area (Å²) in [7, 11) is 0. The summed E-state index contributed by atoms with van der Waals surface area (Å²) >= 11 is 0. The topological polar surface area (TPSA) is 126 Å². The maximum Gasteiger partial charge on any atom is 0.302 e. The van der Waals surface area contributed by atoms with E-state index in [1.165, 1.54) is 6.92 Å². The minimum Gasteiger partial charge on any atom is -0.463 e. The molecule has 1 aliphatic carbocycles. The van der Waals surface area contributed by atoms with Crippen LogP contribution in [0.1, 0.15) is 53.4 Å². The molecular formula is C23H38O8. The highest BCUT2D eigenvalue weighted by Crippen LogP contribution is 2.33. The number of esters is 1. The van der Waals surface area contributed by atoms with Crippen molar-refractivity contribution in [2.24, 2.45) is 11.8 Å². The van der Waals surface area contributed by atoms with Crippen LogP contribution in [-0.2, 0) is 19.0 Å². The third-order valence-electron chi connectivity index (χ3n) is 6.22. The van der Waals surface area contributed by atoms with E-state index in [0.717, 1.165) is 17.6 Å². The van der Waals surface area contributed by atoms with Gasteiger partial charge in [0.15, 0.2) is 6.29 Å². The van der Waals surface area contributed by atoms with Gasteiger partial charge >= 0.3 is 5.97 Å². The van der Waals surface area contributed by atoms with Gasteiger partial charge in [0.25, 0.3) is 0 Å². The lowest BCUT2D eigenvalue weighted by atomic mass is 9.82. The Kier molecular flexibility index (Phi) is 9.66. The molecule has 0 radical (unpaired) electrons. The molecule has 8 heteroatoms. The molecule has 1 aliphatic heterocycles. The first-order valence-corrected chi connectivity index (χ1v) is 11.0. The molecule has 178 valence electrons. The molecule has 0 unspecified atom stereocenters. The Morgan fingerprint density at radius 1 is 1.16 bits per heavy atom. The summed E-state index contributed by atoms with van der Waals surface area (Å²) in [5.74, 6) is -0.266. The van der Waals surface area contributed by atoms with Crippen LogP contribution in [0.2, 0.25) is 0 Å². The van der Waals surface area contributed by atoms with E-state index >= 15 is 0 Å². The molecule has 0 aromatic rings. The van der Waals surface area contributed by atoms with E-state index in [0.29, 0.717) is 19.3 Å². The van der Waals surface area contributed by atoms with Gasteiger partial charge in [0.2, 0.25) is 0 Å². The van der Waals surface area contributed by atoms with Gasteiger partial charge in [0.1, 0.15) is 31.0 Å². The van der Waals surface area contributed by atoms with Gasteiger partial charge < -0.3 is 34.6 Å². The molecule has 1 heterocycles. The van der Waals surface area contributed by atoms with Gasteiger partial charge in [-0.2, -0.15) is 0 Å². The van der Waals surface area contributed by atoms with Gasteiger partial charge in [-0.25, -0.2) is 0 Å². The number of carbonyl (C=O) groups excluding carboxylic acids is 1. The van der Waals surface area contributed by atoms with E-state index in [9.17, 15) is 25.2 Å². The van der Waals surface area contributed by atoms with Crippen molar-refractivity contribution < 1.29 is 39.4 Å². The maximum atomic E-state index is 11.1. The number of ether oxygens (including phenoxy) is 3. The van der Waals surface area contributed by atoms with Gasteiger partial charge in [0, 0.05) is 6.92 Å². The first kappa shape index (κ1) is 26.0. The van der Waals surface area contributed by atoms with Crippen molar-refractivity contribution in [3.8, 4) is 0 Å². The molecule has 31 heavy (non-hydrogen) atoms. The second-order valence-corrected chi connectivity index (χ2v) is 9.09. The monoisotopic (exact) mass is 442 g/mol. The first-order chi connectivity index (χ1) is 14.5. The summed E-state index contributed by atoms with van der Waals surface area (Å²) in [6.07, 6.45) is -2.93. The normalized spacial score (nSPS) is 39.6. The summed E-state index contributed by atoms with van der Waals surface area (Å²) in [6.45, 7) is 11.1. The molecule has 2 rings (SSSR count). The molecular weight excluding hydrogens is 404 g/mol. The Bertz CT molecular complexity index is 645. The summed E-state index contributed by atoms with van der Waals surface area (Å²) in [5, 5.41) is 41.3. The van der Waals surface area contributed by atoms with Crippen LogP contribution in [0.4, 0.5) is 0 Å². The Morgan fingerprint density at radius 3 is 2.45 bits per heavy atom. The van der Waals surface area contributed by atoms with Crippen LogP contribution in [0.3, 0.4) is 0 Å². The predicted molar refractivity (Wildman–Crippen MR) is 114 cm³/mol. The minimum absolute atomic E-state index is 0.0451. The summed E-state index contributed by atoms with van der Waals surface area (Å²) < 4.78 is 16.8. The third-order valence-corrected chi connectivity index (χ3v) is 6.22. The van der Waals surface area contributed by atoms with E-state index in [1.807, 2.05) is 13.0 Å². The number of carbonyl (C=O) groups is 1. The highest BCUT2D eigenvalue weighted by Gasteiger charge is 2.46. The SMILES string of the molecule is C=C1CC[C@@H](C(C)C)[C@H](O[C@H]2O[C@@H](COC(C)=O)[C@@H](O)[C@@H](O)[C@H]2O)/C=C(\C)CC[C@H]1O. The zero-order valence-corrected chi connectivity index (χ0v) is 18.9. The fraction of sp³-hybridized carbons (Fsp3) is 0.783. The Morgan fingerprint density at radius 2 is 1.84 bits per heavy atom. The average Bonchev–Trinajstić information content (AvgIpc) is 2.70.